The smallest absolute Gasteiger partial charge is 0.306 e. The molecule has 0 aromatic carbocycles. The second-order valence-corrected chi connectivity index (χ2v) is 22.7. The van der Waals surface area contributed by atoms with Gasteiger partial charge in [0.15, 0.2) is 6.10 Å². The number of nitrogens with zero attached hydrogens (tertiary/aromatic N) is 1. The molecule has 0 saturated carbocycles. The third-order valence-electron chi connectivity index (χ3n) is 12.8. The van der Waals surface area contributed by atoms with Gasteiger partial charge in [0.1, 0.15) is 19.8 Å². The highest BCUT2D eigenvalue weighted by atomic mass is 31.2. The average molecular weight is 1080 g/mol. The molecule has 0 bridgehead atoms. The third kappa shape index (κ3) is 59.9. The minimum atomic E-state index is -4.64. The van der Waals surface area contributed by atoms with E-state index in [0.29, 0.717) is 23.9 Å². The molecular weight excluding hydrogens is 966 g/mol. The van der Waals surface area contributed by atoms with Crippen molar-refractivity contribution in [3.63, 3.8) is 0 Å². The van der Waals surface area contributed by atoms with Gasteiger partial charge in [-0.25, -0.2) is 0 Å². The lowest BCUT2D eigenvalue weighted by molar-refractivity contribution is -0.870. The van der Waals surface area contributed by atoms with Gasteiger partial charge in [0.25, 0.3) is 7.82 Å². The monoisotopic (exact) mass is 1080 g/mol. The van der Waals surface area contributed by atoms with E-state index in [0.717, 1.165) is 103 Å². The van der Waals surface area contributed by atoms with Crippen LogP contribution in [0, 0.1) is 0 Å². The maximum atomic E-state index is 12.8. The minimum absolute atomic E-state index is 0.0368. The number of carbonyl (C=O) groups excluding carboxylic acids is 2. The van der Waals surface area contributed by atoms with Gasteiger partial charge in [-0.1, -0.05) is 239 Å². The average Bonchev–Trinajstić information content (AvgIpc) is 3.38. The molecule has 0 rings (SSSR count). The molecule has 0 heterocycles. The fourth-order valence-corrected chi connectivity index (χ4v) is 8.81. The quantitative estimate of drug-likeness (QED) is 0.0195. The summed E-state index contributed by atoms with van der Waals surface area (Å²) in [6.45, 7) is 4.08. The van der Waals surface area contributed by atoms with E-state index in [9.17, 15) is 19.0 Å². The van der Waals surface area contributed by atoms with E-state index < -0.39 is 32.5 Å². The Morgan fingerprint density at radius 3 is 1.12 bits per heavy atom. The Morgan fingerprint density at radius 2 is 0.750 bits per heavy atom. The molecule has 436 valence electrons. The van der Waals surface area contributed by atoms with Crippen molar-refractivity contribution >= 4 is 19.8 Å². The second-order valence-electron chi connectivity index (χ2n) is 21.3. The van der Waals surface area contributed by atoms with Crippen LogP contribution in [-0.4, -0.2) is 70.0 Å². The van der Waals surface area contributed by atoms with Crippen LogP contribution in [0.1, 0.15) is 245 Å². The first-order valence-electron chi connectivity index (χ1n) is 30.6. The number of hydrogen-bond donors (Lipinski definition) is 0. The van der Waals surface area contributed by atoms with Crippen LogP contribution in [0.3, 0.4) is 0 Å². The van der Waals surface area contributed by atoms with Crippen LogP contribution >= 0.6 is 7.82 Å². The Bertz CT molecular complexity index is 1650. The highest BCUT2D eigenvalue weighted by Crippen LogP contribution is 2.38. The zero-order valence-electron chi connectivity index (χ0n) is 49.4. The van der Waals surface area contributed by atoms with E-state index in [-0.39, 0.29) is 26.1 Å². The summed E-state index contributed by atoms with van der Waals surface area (Å²) < 4.78 is 34.1. The van der Waals surface area contributed by atoms with Crippen LogP contribution in [0.25, 0.3) is 0 Å². The number of hydrogen-bond acceptors (Lipinski definition) is 8. The van der Waals surface area contributed by atoms with E-state index >= 15 is 0 Å². The number of phosphoric ester groups is 1. The zero-order chi connectivity index (χ0) is 55.6. The van der Waals surface area contributed by atoms with Gasteiger partial charge in [-0.2, -0.15) is 0 Å². The predicted octanol–water partition coefficient (Wildman–Crippen LogP) is 18.7. The largest absolute Gasteiger partial charge is 0.756 e. The first-order valence-corrected chi connectivity index (χ1v) is 32.1. The summed E-state index contributed by atoms with van der Waals surface area (Å²) in [5, 5.41) is 0. The molecule has 2 atom stereocenters. The zero-order valence-corrected chi connectivity index (χ0v) is 50.3. The predicted molar refractivity (Wildman–Crippen MR) is 323 cm³/mol. The molecule has 0 aromatic rings. The lowest BCUT2D eigenvalue weighted by Crippen LogP contribution is -2.37. The highest BCUT2D eigenvalue weighted by Gasteiger charge is 2.22. The molecule has 0 aromatic heterocycles. The molecule has 0 saturated heterocycles. The maximum Gasteiger partial charge on any atom is 0.306 e. The van der Waals surface area contributed by atoms with Crippen LogP contribution in [-0.2, 0) is 32.7 Å². The Morgan fingerprint density at radius 1 is 0.421 bits per heavy atom. The molecule has 0 fully saturated rings. The van der Waals surface area contributed by atoms with Gasteiger partial charge in [0, 0.05) is 12.8 Å². The Balaban J connectivity index is 4.05. The fourth-order valence-electron chi connectivity index (χ4n) is 8.08. The standard InChI is InChI=1S/C66H114NO8P/c1-6-8-10-12-14-16-18-20-22-23-24-25-26-27-28-29-30-31-32-33-34-35-36-37-38-39-40-41-42-43-45-47-49-51-53-55-57-59-66(69)75-64(63-74-76(70,71)73-61-60-67(3,4)5)62-72-65(68)58-56-54-52-50-48-46-44-21-19-17-15-13-11-9-7-2/h8,10,14-17,20-22,24-25,27-28,30-31,33-34,44,64H,6-7,9,11-13,18-19,23,26,29,32,35-43,45-63H2,1-5H3/b10-8-,16-14-,17-15-,22-20-,25-24-,28-27-,31-30-,34-33-,44-21-. The number of likely N-dealkylation sites (N-methyl/N-ethyl adjacent to an activating group) is 1. The lowest BCUT2D eigenvalue weighted by atomic mass is 10.0. The number of phosphoric acid groups is 1. The third-order valence-corrected chi connectivity index (χ3v) is 13.7. The van der Waals surface area contributed by atoms with Crippen LogP contribution in [0.5, 0.6) is 0 Å². The van der Waals surface area contributed by atoms with E-state index in [1.165, 1.54) is 103 Å². The molecule has 0 N–H and O–H groups in total. The van der Waals surface area contributed by atoms with Gasteiger partial charge >= 0.3 is 11.9 Å². The van der Waals surface area contributed by atoms with Crippen molar-refractivity contribution < 1.29 is 42.1 Å². The molecule has 0 radical (unpaired) electrons. The summed E-state index contributed by atoms with van der Waals surface area (Å²) in [5.41, 5.74) is 0. The van der Waals surface area contributed by atoms with Crippen molar-refractivity contribution in [2.45, 2.75) is 251 Å². The molecule has 0 aliphatic heterocycles. The summed E-state index contributed by atoms with van der Waals surface area (Å²) in [7, 11) is 1.15. The molecule has 0 amide bonds. The van der Waals surface area contributed by atoms with E-state index in [1.807, 2.05) is 21.1 Å². The van der Waals surface area contributed by atoms with Gasteiger partial charge < -0.3 is 27.9 Å². The Hall–Kier alpha value is -3.33. The Labute approximate surface area is 467 Å². The van der Waals surface area contributed by atoms with Gasteiger partial charge in [-0.15, -0.1) is 0 Å². The van der Waals surface area contributed by atoms with Crippen molar-refractivity contribution in [3.8, 4) is 0 Å². The first kappa shape index (κ1) is 72.7. The number of esters is 2. The van der Waals surface area contributed by atoms with E-state index in [2.05, 4.69) is 123 Å². The van der Waals surface area contributed by atoms with Crippen LogP contribution < -0.4 is 4.89 Å². The molecule has 76 heavy (non-hydrogen) atoms. The Kier molecular flexibility index (Phi) is 53.9. The van der Waals surface area contributed by atoms with Crippen LogP contribution in [0.2, 0.25) is 0 Å². The van der Waals surface area contributed by atoms with Crippen molar-refractivity contribution in [3.05, 3.63) is 109 Å². The number of ether oxygens (including phenoxy) is 2. The molecule has 0 aliphatic carbocycles. The second kappa shape index (κ2) is 56.4. The van der Waals surface area contributed by atoms with Gasteiger partial charge in [-0.3, -0.25) is 14.2 Å². The van der Waals surface area contributed by atoms with E-state index in [4.69, 9.17) is 18.5 Å². The van der Waals surface area contributed by atoms with Gasteiger partial charge in [0.2, 0.25) is 0 Å². The highest BCUT2D eigenvalue weighted by molar-refractivity contribution is 7.45. The van der Waals surface area contributed by atoms with Crippen molar-refractivity contribution in [2.75, 3.05) is 47.5 Å². The summed E-state index contributed by atoms with van der Waals surface area (Å²) >= 11 is 0. The van der Waals surface area contributed by atoms with Crippen molar-refractivity contribution in [1.82, 2.24) is 0 Å². The summed E-state index contributed by atoms with van der Waals surface area (Å²) in [4.78, 5) is 37.8. The first-order chi connectivity index (χ1) is 37.0. The van der Waals surface area contributed by atoms with Crippen LogP contribution in [0.15, 0.2) is 109 Å². The van der Waals surface area contributed by atoms with Crippen molar-refractivity contribution in [2.24, 2.45) is 0 Å². The molecule has 0 aliphatic rings. The summed E-state index contributed by atoms with van der Waals surface area (Å²) in [6, 6.07) is 0. The number of allylic oxidation sites excluding steroid dienone is 18. The van der Waals surface area contributed by atoms with Gasteiger partial charge in [-0.05, 0) is 103 Å². The molecular formula is C66H114NO8P. The number of carbonyl (C=O) groups is 2. The normalized spacial score (nSPS) is 14.0. The van der Waals surface area contributed by atoms with Gasteiger partial charge in [0.05, 0.1) is 27.7 Å². The topological polar surface area (TPSA) is 111 Å². The fraction of sp³-hybridized carbons (Fsp3) is 0.697. The number of quaternary nitrogens is 1. The number of unbranched alkanes of at least 4 members (excludes halogenated alkanes) is 23. The maximum absolute atomic E-state index is 12.8. The van der Waals surface area contributed by atoms with Crippen LogP contribution in [0.4, 0.5) is 0 Å². The minimum Gasteiger partial charge on any atom is -0.756 e. The summed E-state index contributed by atoms with van der Waals surface area (Å²) in [5.74, 6) is -0.851. The van der Waals surface area contributed by atoms with Crippen molar-refractivity contribution in [1.29, 1.82) is 0 Å². The summed E-state index contributed by atoms with van der Waals surface area (Å²) in [6.07, 6.45) is 78.6. The van der Waals surface area contributed by atoms with E-state index in [1.54, 1.807) is 0 Å². The molecule has 0 spiro atoms. The molecule has 9 nitrogen and oxygen atoms in total. The molecule has 10 heteroatoms. The SMILES string of the molecule is CC/C=C\C/C=C\C/C=C\C/C=C\C/C=C\C/C=C\C/C=C\CCCCCCCCCCCCCCCCCC(=O)OC(COC(=O)CCCCCCC/C=C\C/C=C\CCCCC)COP(=O)([O-])OCC[N+](C)(C)C. The lowest BCUT2D eigenvalue weighted by Gasteiger charge is -2.28. The number of rotatable bonds is 55. The molecule has 2 unspecified atom stereocenters.